The van der Waals surface area contributed by atoms with Crippen LogP contribution in [0.5, 0.6) is 0 Å². The van der Waals surface area contributed by atoms with E-state index in [1.54, 1.807) is 22.9 Å². The zero-order chi connectivity index (χ0) is 25.3. The van der Waals surface area contributed by atoms with Crippen molar-refractivity contribution in [2.45, 2.75) is 11.8 Å². The zero-order valence-electron chi connectivity index (χ0n) is 17.0. The Morgan fingerprint density at radius 2 is 1.38 bits per heavy atom. The van der Waals surface area contributed by atoms with Crippen LogP contribution in [0.1, 0.15) is 26.3 Å². The van der Waals surface area contributed by atoms with Crippen LogP contribution < -0.4 is 9.86 Å². The largest absolute Gasteiger partial charge is 0.478 e. The summed E-state index contributed by atoms with van der Waals surface area (Å²) in [5.41, 5.74) is 1.21. The van der Waals surface area contributed by atoms with E-state index >= 15 is 0 Å². The Morgan fingerprint density at radius 3 is 1.75 bits per heavy atom. The molecule has 15 heteroatoms. The summed E-state index contributed by atoms with van der Waals surface area (Å²) >= 11 is 0. The standard InChI is InChI=1S/C8H8ClNO5S2.C8H8O2.CH5NO2S/c1-16(12,13)10-8(11)6-3-2-4-7(5-6)17(9,14)15;1-6-3-2-4-7(5-6)8(9)10;1-5(2,3)4/h2-5H,1H3,(H,10,11);2-5H,1H3,(H,9,10);1H3,(H2,2,3,4). The zero-order valence-corrected chi connectivity index (χ0v) is 20.2. The van der Waals surface area contributed by atoms with Crippen molar-refractivity contribution in [2.75, 3.05) is 12.5 Å². The number of carbonyl (C=O) groups is 2. The summed E-state index contributed by atoms with van der Waals surface area (Å²) in [6, 6.07) is 11.6. The highest BCUT2D eigenvalue weighted by Gasteiger charge is 2.15. The number of aromatic carboxylic acids is 1. The predicted molar refractivity (Wildman–Crippen MR) is 119 cm³/mol. The molecular weight excluding hydrogens is 508 g/mol. The number of aryl methyl sites for hydroxylation is 1. The third-order valence-electron chi connectivity index (χ3n) is 2.92. The number of carboxylic acids is 1. The third kappa shape index (κ3) is 14.5. The first kappa shape index (κ1) is 29.5. The smallest absolute Gasteiger partial charge is 0.335 e. The normalized spacial score (nSPS) is 11.2. The molecule has 0 bridgehead atoms. The summed E-state index contributed by atoms with van der Waals surface area (Å²) in [6.07, 6.45) is 1.75. The molecule has 0 aliphatic carbocycles. The van der Waals surface area contributed by atoms with Gasteiger partial charge in [-0.1, -0.05) is 23.8 Å². The molecule has 0 saturated heterocycles. The van der Waals surface area contributed by atoms with E-state index in [1.165, 1.54) is 18.2 Å². The van der Waals surface area contributed by atoms with Gasteiger partial charge in [-0.25, -0.2) is 39.9 Å². The Balaban J connectivity index is 0.000000538. The number of hydrogen-bond acceptors (Lipinski definition) is 8. The quantitative estimate of drug-likeness (QED) is 0.483. The molecule has 4 N–H and O–H groups in total. The van der Waals surface area contributed by atoms with Gasteiger partial charge in [0.1, 0.15) is 0 Å². The van der Waals surface area contributed by atoms with Crippen molar-refractivity contribution in [2.24, 2.45) is 5.14 Å². The lowest BCUT2D eigenvalue weighted by atomic mass is 10.1. The van der Waals surface area contributed by atoms with Gasteiger partial charge in [-0.15, -0.1) is 0 Å². The van der Waals surface area contributed by atoms with E-state index in [2.05, 4.69) is 5.14 Å². The molecule has 0 aromatic heterocycles. The van der Waals surface area contributed by atoms with E-state index in [0.29, 0.717) is 5.56 Å². The molecule has 32 heavy (non-hydrogen) atoms. The second kappa shape index (κ2) is 11.9. The predicted octanol–water partition coefficient (Wildman–Crippen LogP) is 0.901. The lowest BCUT2D eigenvalue weighted by Crippen LogP contribution is -2.29. The SMILES string of the molecule is CS(=O)(=O)NC(=O)c1cccc(S(=O)(=O)Cl)c1.CS(N)(=O)=O.Cc1cccc(C(=O)O)c1. The average Bonchev–Trinajstić information content (AvgIpc) is 2.59. The second-order valence-corrected chi connectivity index (χ2v) is 12.1. The van der Waals surface area contributed by atoms with Crippen LogP contribution in [0.4, 0.5) is 0 Å². The Kier molecular flexibility index (Phi) is 11.0. The van der Waals surface area contributed by atoms with Crippen LogP contribution in [0.2, 0.25) is 0 Å². The van der Waals surface area contributed by atoms with E-state index in [1.807, 2.05) is 13.0 Å². The van der Waals surface area contributed by atoms with Gasteiger partial charge in [0.15, 0.2) is 0 Å². The van der Waals surface area contributed by atoms with Gasteiger partial charge in [-0.2, -0.15) is 0 Å². The fraction of sp³-hybridized carbons (Fsp3) is 0.176. The van der Waals surface area contributed by atoms with Crippen molar-refractivity contribution in [3.63, 3.8) is 0 Å². The highest BCUT2D eigenvalue weighted by molar-refractivity contribution is 8.13. The number of sulfonamides is 2. The number of amides is 1. The Labute approximate surface area is 190 Å². The van der Waals surface area contributed by atoms with Crippen molar-refractivity contribution in [1.82, 2.24) is 4.72 Å². The van der Waals surface area contributed by atoms with Gasteiger partial charge in [0.2, 0.25) is 20.0 Å². The topological polar surface area (TPSA) is 195 Å². The van der Waals surface area contributed by atoms with Crippen LogP contribution in [0.3, 0.4) is 0 Å². The van der Waals surface area contributed by atoms with E-state index < -0.39 is 41.0 Å². The summed E-state index contributed by atoms with van der Waals surface area (Å²) in [5.74, 6) is -1.79. The molecule has 0 fully saturated rings. The fourth-order valence-corrected chi connectivity index (χ4v) is 3.05. The van der Waals surface area contributed by atoms with Crippen LogP contribution in [-0.4, -0.2) is 54.7 Å². The first-order valence-corrected chi connectivity index (χ1v) is 14.3. The maximum Gasteiger partial charge on any atom is 0.335 e. The molecule has 0 radical (unpaired) electrons. The van der Waals surface area contributed by atoms with Crippen LogP contribution in [0.25, 0.3) is 0 Å². The van der Waals surface area contributed by atoms with E-state index in [-0.39, 0.29) is 10.5 Å². The molecule has 0 saturated carbocycles. The fourth-order valence-electron chi connectivity index (χ4n) is 1.79. The van der Waals surface area contributed by atoms with Gasteiger partial charge < -0.3 is 5.11 Å². The Bertz CT molecular complexity index is 1280. The molecule has 0 heterocycles. The van der Waals surface area contributed by atoms with Crippen LogP contribution in [-0.2, 0) is 29.1 Å². The number of rotatable bonds is 4. The maximum atomic E-state index is 11.4. The maximum absolute atomic E-state index is 11.4. The van der Waals surface area contributed by atoms with Crippen LogP contribution in [0.15, 0.2) is 53.4 Å². The summed E-state index contributed by atoms with van der Waals surface area (Å²) in [6.45, 7) is 1.87. The molecule has 0 unspecified atom stereocenters. The highest BCUT2D eigenvalue weighted by Crippen LogP contribution is 2.16. The van der Waals surface area contributed by atoms with Gasteiger partial charge in [0.25, 0.3) is 15.0 Å². The number of carboxylic acid groups (broad SMARTS) is 1. The number of benzene rings is 2. The van der Waals surface area contributed by atoms with Gasteiger partial charge in [0.05, 0.1) is 23.0 Å². The van der Waals surface area contributed by atoms with E-state index in [9.17, 15) is 34.8 Å². The molecule has 0 atom stereocenters. The monoisotopic (exact) mass is 528 g/mol. The van der Waals surface area contributed by atoms with Gasteiger partial charge in [-0.05, 0) is 37.3 Å². The summed E-state index contributed by atoms with van der Waals surface area (Å²) in [7, 11) is -5.74. The summed E-state index contributed by atoms with van der Waals surface area (Å²) in [4.78, 5) is 21.5. The van der Waals surface area contributed by atoms with Crippen LogP contribution in [0, 0.1) is 6.92 Å². The van der Waals surface area contributed by atoms with Crippen molar-refractivity contribution in [3.05, 3.63) is 65.2 Å². The number of primary sulfonamides is 1. The minimum Gasteiger partial charge on any atom is -0.478 e. The molecule has 0 aliphatic rings. The molecule has 0 aliphatic heterocycles. The number of halogens is 1. The minimum absolute atomic E-state index is 0.114. The highest BCUT2D eigenvalue weighted by atomic mass is 35.7. The molecular formula is C17H21ClN2O9S3. The lowest BCUT2D eigenvalue weighted by Gasteiger charge is -2.03. The third-order valence-corrected chi connectivity index (χ3v) is 4.83. The van der Waals surface area contributed by atoms with Crippen molar-refractivity contribution >= 4 is 51.7 Å². The number of carbonyl (C=O) groups excluding carboxylic acids is 1. The molecule has 2 rings (SSSR count). The molecule has 2 aromatic rings. The molecule has 178 valence electrons. The first-order valence-electron chi connectivity index (χ1n) is 8.14. The van der Waals surface area contributed by atoms with Crippen molar-refractivity contribution in [3.8, 4) is 0 Å². The number of nitrogens with one attached hydrogen (secondary N) is 1. The van der Waals surface area contributed by atoms with Gasteiger partial charge in [-0.3, -0.25) is 4.79 Å². The van der Waals surface area contributed by atoms with Crippen molar-refractivity contribution < 1.29 is 39.9 Å². The molecule has 1 amide bonds. The van der Waals surface area contributed by atoms with E-state index in [0.717, 1.165) is 24.1 Å². The van der Waals surface area contributed by atoms with E-state index in [4.69, 9.17) is 15.8 Å². The number of hydrogen-bond donors (Lipinski definition) is 3. The lowest BCUT2D eigenvalue weighted by molar-refractivity contribution is 0.0696. The summed E-state index contributed by atoms with van der Waals surface area (Å²) in [5, 5.41) is 12.8. The molecule has 11 nitrogen and oxygen atoms in total. The number of nitrogens with two attached hydrogens (primary N) is 1. The van der Waals surface area contributed by atoms with Crippen molar-refractivity contribution in [1.29, 1.82) is 0 Å². The molecule has 2 aromatic carbocycles. The van der Waals surface area contributed by atoms with Crippen LogP contribution >= 0.6 is 10.7 Å². The average molecular weight is 529 g/mol. The second-order valence-electron chi connectivity index (χ2n) is 6.17. The van der Waals surface area contributed by atoms with Gasteiger partial charge >= 0.3 is 5.97 Å². The first-order chi connectivity index (χ1) is 14.3. The summed E-state index contributed by atoms with van der Waals surface area (Å²) < 4.78 is 64.2. The Morgan fingerprint density at radius 1 is 0.906 bits per heavy atom. The van der Waals surface area contributed by atoms with Gasteiger partial charge in [0, 0.05) is 16.2 Å². The minimum atomic E-state index is -3.96. The molecule has 0 spiro atoms. The Hall–Kier alpha value is -2.52.